The predicted octanol–water partition coefficient (Wildman–Crippen LogP) is 1.59. The van der Waals surface area contributed by atoms with E-state index in [4.69, 9.17) is 9.84 Å². The van der Waals surface area contributed by atoms with Gasteiger partial charge in [0, 0.05) is 25.4 Å². The zero-order valence-electron chi connectivity index (χ0n) is 12.4. The maximum atomic E-state index is 12.2. The topological polar surface area (TPSA) is 78.4 Å². The number of benzene rings is 1. The van der Waals surface area contributed by atoms with E-state index < -0.39 is 0 Å². The number of para-hydroxylation sites is 1. The van der Waals surface area contributed by atoms with E-state index in [2.05, 4.69) is 9.97 Å². The van der Waals surface area contributed by atoms with Gasteiger partial charge in [-0.2, -0.15) is 0 Å². The van der Waals surface area contributed by atoms with Crippen LogP contribution in [0.4, 0.5) is 0 Å². The van der Waals surface area contributed by atoms with Crippen molar-refractivity contribution in [3.63, 3.8) is 0 Å². The highest BCUT2D eigenvalue weighted by atomic mass is 16.5. The molecule has 0 radical (unpaired) electrons. The minimum atomic E-state index is -0.0625. The molecule has 0 saturated carbocycles. The Labute approximate surface area is 129 Å². The molecule has 0 unspecified atom stereocenters. The Bertz CT molecular complexity index is 543. The molecular formula is C16H21N3O3. The average Bonchev–Trinajstić information content (AvgIpc) is 3.05. The summed E-state index contributed by atoms with van der Waals surface area (Å²) in [5.74, 6) is 1.50. The number of nitrogens with one attached hydrogen (secondary N) is 1. The van der Waals surface area contributed by atoms with E-state index in [-0.39, 0.29) is 12.5 Å². The molecule has 6 heteroatoms. The van der Waals surface area contributed by atoms with Crippen LogP contribution < -0.4 is 4.74 Å². The highest BCUT2D eigenvalue weighted by Gasteiger charge is 2.14. The predicted molar refractivity (Wildman–Crippen MR) is 82.3 cm³/mol. The van der Waals surface area contributed by atoms with Crippen LogP contribution in [-0.2, 0) is 11.3 Å². The number of imidazole rings is 1. The maximum Gasteiger partial charge on any atom is 0.223 e. The van der Waals surface area contributed by atoms with E-state index >= 15 is 0 Å². The molecule has 1 aromatic carbocycles. The minimum Gasteiger partial charge on any atom is -0.494 e. The molecule has 6 nitrogen and oxygen atoms in total. The Hall–Kier alpha value is -2.34. The van der Waals surface area contributed by atoms with Crippen molar-refractivity contribution in [1.29, 1.82) is 0 Å². The fourth-order valence-electron chi connectivity index (χ4n) is 2.07. The molecule has 0 saturated heterocycles. The third-order valence-corrected chi connectivity index (χ3v) is 3.17. The number of carbonyl (C=O) groups is 1. The molecule has 0 aliphatic rings. The second-order valence-corrected chi connectivity index (χ2v) is 4.84. The molecule has 1 amide bonds. The number of carbonyl (C=O) groups excluding carboxylic acids is 1. The highest BCUT2D eigenvalue weighted by molar-refractivity contribution is 5.76. The number of hydrogen-bond donors (Lipinski definition) is 2. The molecule has 0 aliphatic carbocycles. The fraction of sp³-hybridized carbons (Fsp3) is 0.375. The van der Waals surface area contributed by atoms with Gasteiger partial charge in [-0.15, -0.1) is 0 Å². The summed E-state index contributed by atoms with van der Waals surface area (Å²) < 4.78 is 5.56. The largest absolute Gasteiger partial charge is 0.494 e. The Kier molecular flexibility index (Phi) is 6.44. The number of ether oxygens (including phenoxy) is 1. The number of aromatic nitrogens is 2. The van der Waals surface area contributed by atoms with Gasteiger partial charge in [0.25, 0.3) is 0 Å². The van der Waals surface area contributed by atoms with Gasteiger partial charge >= 0.3 is 0 Å². The summed E-state index contributed by atoms with van der Waals surface area (Å²) in [7, 11) is 0. The highest BCUT2D eigenvalue weighted by Crippen LogP contribution is 2.09. The molecule has 0 spiro atoms. The smallest absolute Gasteiger partial charge is 0.223 e. The Balaban J connectivity index is 1.73. The zero-order chi connectivity index (χ0) is 15.6. The fourth-order valence-corrected chi connectivity index (χ4v) is 2.07. The zero-order valence-corrected chi connectivity index (χ0v) is 12.4. The van der Waals surface area contributed by atoms with Crippen LogP contribution in [0.25, 0.3) is 0 Å². The van der Waals surface area contributed by atoms with Crippen molar-refractivity contribution >= 4 is 5.91 Å². The van der Waals surface area contributed by atoms with E-state index in [1.807, 2.05) is 30.3 Å². The molecule has 0 fully saturated rings. The van der Waals surface area contributed by atoms with E-state index in [0.717, 1.165) is 5.75 Å². The van der Waals surface area contributed by atoms with Gasteiger partial charge in [0.2, 0.25) is 5.91 Å². The van der Waals surface area contributed by atoms with Crippen molar-refractivity contribution in [3.8, 4) is 5.75 Å². The van der Waals surface area contributed by atoms with Crippen molar-refractivity contribution in [2.75, 3.05) is 19.8 Å². The number of aliphatic hydroxyl groups is 1. The summed E-state index contributed by atoms with van der Waals surface area (Å²) >= 11 is 0. The van der Waals surface area contributed by atoms with Crippen LogP contribution in [0.3, 0.4) is 0 Å². The molecule has 1 heterocycles. The normalized spacial score (nSPS) is 10.4. The first-order valence-electron chi connectivity index (χ1n) is 7.34. The second-order valence-electron chi connectivity index (χ2n) is 4.84. The molecule has 2 rings (SSSR count). The molecule has 118 valence electrons. The average molecular weight is 303 g/mol. The SMILES string of the molecule is O=C(CCCOc1ccccc1)N(CCO)Cc1ncc[nH]1. The summed E-state index contributed by atoms with van der Waals surface area (Å²) in [5, 5.41) is 9.09. The van der Waals surface area contributed by atoms with Gasteiger partial charge in [-0.05, 0) is 18.6 Å². The summed E-state index contributed by atoms with van der Waals surface area (Å²) in [6.07, 6.45) is 4.37. The Morgan fingerprint density at radius 1 is 1.32 bits per heavy atom. The number of hydrogen-bond acceptors (Lipinski definition) is 4. The molecule has 2 N–H and O–H groups in total. The van der Waals surface area contributed by atoms with Crippen molar-refractivity contribution in [1.82, 2.24) is 14.9 Å². The van der Waals surface area contributed by atoms with Crippen LogP contribution in [0.2, 0.25) is 0 Å². The first kappa shape index (κ1) is 16.0. The van der Waals surface area contributed by atoms with Gasteiger partial charge in [0.15, 0.2) is 0 Å². The standard InChI is InChI=1S/C16H21N3O3/c20-11-10-19(13-15-17-8-9-18-15)16(21)7-4-12-22-14-5-2-1-3-6-14/h1-3,5-6,8-9,20H,4,7,10-13H2,(H,17,18). The van der Waals surface area contributed by atoms with E-state index in [1.54, 1.807) is 17.3 Å². The molecule has 2 aromatic rings. The van der Waals surface area contributed by atoms with Crippen LogP contribution in [0.1, 0.15) is 18.7 Å². The lowest BCUT2D eigenvalue weighted by atomic mass is 10.2. The van der Waals surface area contributed by atoms with Gasteiger partial charge < -0.3 is 19.7 Å². The van der Waals surface area contributed by atoms with Crippen LogP contribution in [-0.4, -0.2) is 45.6 Å². The van der Waals surface area contributed by atoms with Gasteiger partial charge in [-0.3, -0.25) is 4.79 Å². The van der Waals surface area contributed by atoms with Crippen LogP contribution in [0, 0.1) is 0 Å². The Morgan fingerprint density at radius 3 is 2.82 bits per heavy atom. The Morgan fingerprint density at radius 2 is 2.14 bits per heavy atom. The summed E-state index contributed by atoms with van der Waals surface area (Å²) in [5.41, 5.74) is 0. The van der Waals surface area contributed by atoms with E-state index in [1.165, 1.54) is 0 Å². The first-order chi connectivity index (χ1) is 10.8. The minimum absolute atomic E-state index is 0.0119. The summed E-state index contributed by atoms with van der Waals surface area (Å²) in [4.78, 5) is 20.8. The quantitative estimate of drug-likeness (QED) is 0.690. The number of rotatable bonds is 9. The van der Waals surface area contributed by atoms with Crippen molar-refractivity contribution in [2.24, 2.45) is 0 Å². The number of nitrogens with zero attached hydrogens (tertiary/aromatic N) is 2. The first-order valence-corrected chi connectivity index (χ1v) is 7.34. The van der Waals surface area contributed by atoms with Crippen molar-refractivity contribution < 1.29 is 14.6 Å². The number of amides is 1. The molecule has 0 atom stereocenters. The number of aliphatic hydroxyl groups excluding tert-OH is 1. The second kappa shape index (κ2) is 8.84. The number of H-pyrrole nitrogens is 1. The lowest BCUT2D eigenvalue weighted by Gasteiger charge is -2.20. The van der Waals surface area contributed by atoms with Crippen LogP contribution in [0.15, 0.2) is 42.7 Å². The molecular weight excluding hydrogens is 282 g/mol. The van der Waals surface area contributed by atoms with Crippen molar-refractivity contribution in [3.05, 3.63) is 48.5 Å². The van der Waals surface area contributed by atoms with Crippen LogP contribution in [0.5, 0.6) is 5.75 Å². The lowest BCUT2D eigenvalue weighted by Crippen LogP contribution is -2.33. The van der Waals surface area contributed by atoms with Crippen molar-refractivity contribution in [2.45, 2.75) is 19.4 Å². The molecule has 1 aromatic heterocycles. The third kappa shape index (κ3) is 5.21. The molecule has 0 bridgehead atoms. The monoisotopic (exact) mass is 303 g/mol. The maximum absolute atomic E-state index is 12.2. The third-order valence-electron chi connectivity index (χ3n) is 3.17. The summed E-state index contributed by atoms with van der Waals surface area (Å²) in [6.45, 7) is 1.11. The molecule has 0 aliphatic heterocycles. The van der Waals surface area contributed by atoms with E-state index in [9.17, 15) is 4.79 Å². The lowest BCUT2D eigenvalue weighted by molar-refractivity contribution is -0.132. The van der Waals surface area contributed by atoms with Gasteiger partial charge in [-0.25, -0.2) is 4.98 Å². The van der Waals surface area contributed by atoms with Crippen LogP contribution >= 0.6 is 0 Å². The number of aromatic amines is 1. The van der Waals surface area contributed by atoms with Gasteiger partial charge in [0.1, 0.15) is 11.6 Å². The van der Waals surface area contributed by atoms with E-state index in [0.29, 0.717) is 38.4 Å². The van der Waals surface area contributed by atoms with Gasteiger partial charge in [-0.1, -0.05) is 18.2 Å². The molecule has 22 heavy (non-hydrogen) atoms. The summed E-state index contributed by atoms with van der Waals surface area (Å²) in [6, 6.07) is 9.52. The van der Waals surface area contributed by atoms with Gasteiger partial charge in [0.05, 0.1) is 19.8 Å².